The minimum atomic E-state index is -0.412. The van der Waals surface area contributed by atoms with Gasteiger partial charge in [-0.25, -0.2) is 9.97 Å². The molecule has 4 aromatic rings. The number of rotatable bonds is 7. The molecule has 1 fully saturated rings. The molecule has 1 amide bonds. The standard InChI is InChI=1S/C25H24N6O3/c32-24-10-20(29-23-3-1-2-8-31(23)24)25(33)27-13-18-15-30-14-16(4-7-22(30)28-18)11-26-12-17-9-19-5-6-21(17)34-19/h1-8,10,14-15,17,19,21,26H,9,11-13H2,(H,27,33)/t17-,19-,21+/m1/s1. The minimum absolute atomic E-state index is 0.0877. The van der Waals surface area contributed by atoms with Gasteiger partial charge in [-0.3, -0.25) is 14.0 Å². The molecular weight excluding hydrogens is 432 g/mol. The second-order valence-electron chi connectivity index (χ2n) is 8.78. The summed E-state index contributed by atoms with van der Waals surface area (Å²) in [7, 11) is 0. The van der Waals surface area contributed by atoms with Crippen molar-refractivity contribution in [2.24, 2.45) is 5.92 Å². The fourth-order valence-corrected chi connectivity index (χ4v) is 4.67. The molecule has 9 nitrogen and oxygen atoms in total. The Hall–Kier alpha value is -3.82. The summed E-state index contributed by atoms with van der Waals surface area (Å²) in [5, 5.41) is 6.34. The Kier molecular flexibility index (Phi) is 5.20. The van der Waals surface area contributed by atoms with E-state index >= 15 is 0 Å². The van der Waals surface area contributed by atoms with Gasteiger partial charge in [0.1, 0.15) is 17.0 Å². The fourth-order valence-electron chi connectivity index (χ4n) is 4.67. The van der Waals surface area contributed by atoms with Crippen molar-refractivity contribution >= 4 is 17.2 Å². The SMILES string of the molecule is O=C(NCc1cn2cc(CNC[C@H]3C[C@H]4C=C[C@@H]3O4)ccc2n1)c1cc(=O)n2ccccc2n1. The molecule has 6 rings (SSSR count). The lowest BCUT2D eigenvalue weighted by Gasteiger charge is -2.16. The van der Waals surface area contributed by atoms with E-state index in [9.17, 15) is 9.59 Å². The highest BCUT2D eigenvalue weighted by molar-refractivity contribution is 5.92. The van der Waals surface area contributed by atoms with Crippen LogP contribution in [0.25, 0.3) is 11.3 Å². The van der Waals surface area contributed by atoms with Crippen molar-refractivity contribution in [1.29, 1.82) is 0 Å². The van der Waals surface area contributed by atoms with E-state index in [4.69, 9.17) is 4.74 Å². The normalized spacial score (nSPS) is 21.0. The lowest BCUT2D eigenvalue weighted by Crippen LogP contribution is -2.27. The molecule has 0 unspecified atom stereocenters. The van der Waals surface area contributed by atoms with Crippen molar-refractivity contribution in [1.82, 2.24) is 29.4 Å². The molecule has 1 saturated heterocycles. The predicted octanol–water partition coefficient (Wildman–Crippen LogP) is 1.71. The molecule has 6 heterocycles. The van der Waals surface area contributed by atoms with Gasteiger partial charge in [0.25, 0.3) is 11.5 Å². The van der Waals surface area contributed by atoms with E-state index in [-0.39, 0.29) is 23.9 Å². The van der Waals surface area contributed by atoms with Gasteiger partial charge in [0.15, 0.2) is 0 Å². The minimum Gasteiger partial charge on any atom is -0.367 e. The van der Waals surface area contributed by atoms with Crippen molar-refractivity contribution in [3.8, 4) is 0 Å². The number of hydrogen-bond acceptors (Lipinski definition) is 6. The summed E-state index contributed by atoms with van der Waals surface area (Å²) in [5.41, 5.74) is 2.90. The second-order valence-corrected chi connectivity index (χ2v) is 8.78. The zero-order valence-corrected chi connectivity index (χ0v) is 18.4. The fraction of sp³-hybridized carbons (Fsp3) is 0.280. The van der Waals surface area contributed by atoms with Gasteiger partial charge < -0.3 is 19.8 Å². The number of amides is 1. The van der Waals surface area contributed by atoms with E-state index in [0.29, 0.717) is 17.7 Å². The van der Waals surface area contributed by atoms with Gasteiger partial charge in [-0.15, -0.1) is 0 Å². The second kappa shape index (κ2) is 8.51. The van der Waals surface area contributed by atoms with Crippen LogP contribution in [0.5, 0.6) is 0 Å². The van der Waals surface area contributed by atoms with E-state index in [1.54, 1.807) is 24.4 Å². The van der Waals surface area contributed by atoms with Crippen LogP contribution in [0.3, 0.4) is 0 Å². The maximum absolute atomic E-state index is 12.6. The first-order valence-corrected chi connectivity index (χ1v) is 11.4. The molecule has 2 N–H and O–H groups in total. The van der Waals surface area contributed by atoms with Crippen LogP contribution >= 0.6 is 0 Å². The van der Waals surface area contributed by atoms with Crippen molar-refractivity contribution in [3.63, 3.8) is 0 Å². The first-order chi connectivity index (χ1) is 16.6. The summed E-state index contributed by atoms with van der Waals surface area (Å²) in [4.78, 5) is 33.7. The summed E-state index contributed by atoms with van der Waals surface area (Å²) in [5.74, 6) is 0.125. The zero-order valence-electron chi connectivity index (χ0n) is 18.4. The van der Waals surface area contributed by atoms with Crippen LogP contribution in [0, 0.1) is 5.92 Å². The van der Waals surface area contributed by atoms with E-state index < -0.39 is 5.91 Å². The summed E-state index contributed by atoms with van der Waals surface area (Å²) >= 11 is 0. The van der Waals surface area contributed by atoms with Gasteiger partial charge in [0, 0.05) is 43.7 Å². The zero-order chi connectivity index (χ0) is 23.1. The van der Waals surface area contributed by atoms with Crippen LogP contribution in [-0.2, 0) is 17.8 Å². The Labute approximate surface area is 195 Å². The number of hydrogen-bond donors (Lipinski definition) is 2. The Balaban J connectivity index is 1.08. The third-order valence-corrected chi connectivity index (χ3v) is 6.38. The van der Waals surface area contributed by atoms with Crippen molar-refractivity contribution in [2.75, 3.05) is 6.54 Å². The molecule has 0 saturated carbocycles. The van der Waals surface area contributed by atoms with Crippen molar-refractivity contribution in [3.05, 3.63) is 94.4 Å². The third kappa shape index (κ3) is 4.00. The van der Waals surface area contributed by atoms with Crippen molar-refractivity contribution in [2.45, 2.75) is 31.7 Å². The predicted molar refractivity (Wildman–Crippen MR) is 125 cm³/mol. The Bertz CT molecular complexity index is 1470. The molecule has 4 aromatic heterocycles. The molecule has 0 aliphatic carbocycles. The highest BCUT2D eigenvalue weighted by Gasteiger charge is 2.36. The average molecular weight is 457 g/mol. The van der Waals surface area contributed by atoms with Gasteiger partial charge in [-0.05, 0) is 30.2 Å². The summed E-state index contributed by atoms with van der Waals surface area (Å²) < 4.78 is 9.18. The molecular formula is C25H24N6O3. The highest BCUT2D eigenvalue weighted by Crippen LogP contribution is 2.33. The largest absolute Gasteiger partial charge is 0.367 e. The Morgan fingerprint density at radius 1 is 1.09 bits per heavy atom. The number of carbonyl (C=O) groups is 1. The first kappa shape index (κ1) is 20.8. The van der Waals surface area contributed by atoms with Gasteiger partial charge in [-0.1, -0.05) is 24.3 Å². The first-order valence-electron chi connectivity index (χ1n) is 11.4. The maximum Gasteiger partial charge on any atom is 0.270 e. The lowest BCUT2D eigenvalue weighted by molar-refractivity contribution is 0.0945. The van der Waals surface area contributed by atoms with Gasteiger partial charge in [0.2, 0.25) is 0 Å². The lowest BCUT2D eigenvalue weighted by atomic mass is 9.94. The maximum atomic E-state index is 12.6. The number of imidazole rings is 1. The van der Waals surface area contributed by atoms with Crippen LogP contribution in [-0.4, -0.2) is 43.4 Å². The monoisotopic (exact) mass is 456 g/mol. The number of nitrogens with one attached hydrogen (secondary N) is 2. The van der Waals surface area contributed by atoms with Crippen LogP contribution in [0.1, 0.15) is 28.2 Å². The molecule has 9 heteroatoms. The third-order valence-electron chi connectivity index (χ3n) is 6.38. The Morgan fingerprint density at radius 2 is 2.03 bits per heavy atom. The topological polar surface area (TPSA) is 102 Å². The van der Waals surface area contributed by atoms with Gasteiger partial charge in [-0.2, -0.15) is 0 Å². The van der Waals surface area contributed by atoms with Gasteiger partial charge in [0.05, 0.1) is 24.4 Å². The molecule has 3 atom stereocenters. The van der Waals surface area contributed by atoms with Crippen LogP contribution in [0.15, 0.2) is 71.9 Å². The summed E-state index contributed by atoms with van der Waals surface area (Å²) in [6.45, 7) is 1.93. The molecule has 2 aliphatic heterocycles. The summed E-state index contributed by atoms with van der Waals surface area (Å²) in [6.07, 6.45) is 11.6. The summed E-state index contributed by atoms with van der Waals surface area (Å²) in [6, 6.07) is 10.5. The molecule has 172 valence electrons. The number of aromatic nitrogens is 4. The molecule has 0 aromatic carbocycles. The number of ether oxygens (including phenoxy) is 1. The van der Waals surface area contributed by atoms with E-state index in [1.165, 1.54) is 10.5 Å². The number of fused-ring (bicyclic) bond motifs is 4. The smallest absolute Gasteiger partial charge is 0.270 e. The van der Waals surface area contributed by atoms with Crippen LogP contribution in [0.2, 0.25) is 0 Å². The number of carbonyl (C=O) groups excluding carboxylic acids is 1. The van der Waals surface area contributed by atoms with Crippen LogP contribution < -0.4 is 16.2 Å². The van der Waals surface area contributed by atoms with E-state index in [0.717, 1.165) is 36.4 Å². The molecule has 0 radical (unpaired) electrons. The molecule has 2 bridgehead atoms. The highest BCUT2D eigenvalue weighted by atomic mass is 16.5. The molecule has 0 spiro atoms. The van der Waals surface area contributed by atoms with Crippen LogP contribution in [0.4, 0.5) is 0 Å². The van der Waals surface area contributed by atoms with Crippen molar-refractivity contribution < 1.29 is 9.53 Å². The molecule has 2 aliphatic rings. The quantitative estimate of drug-likeness (QED) is 0.411. The van der Waals surface area contributed by atoms with Gasteiger partial charge >= 0.3 is 0 Å². The van der Waals surface area contributed by atoms with E-state index in [1.807, 2.05) is 22.9 Å². The number of pyridine rings is 2. The van der Waals surface area contributed by atoms with E-state index in [2.05, 4.69) is 38.8 Å². The average Bonchev–Trinajstić information content (AvgIpc) is 3.58. The molecule has 34 heavy (non-hydrogen) atoms. The number of nitrogens with zero attached hydrogens (tertiary/aromatic N) is 4. The Morgan fingerprint density at radius 3 is 2.88 bits per heavy atom.